The van der Waals surface area contributed by atoms with Gasteiger partial charge in [0, 0.05) is 0 Å². The molecule has 0 atom stereocenters. The molecule has 0 aliphatic rings. The normalized spacial score (nSPS) is 7.36. The molecule has 0 aliphatic carbocycles. The summed E-state index contributed by atoms with van der Waals surface area (Å²) in [5.74, 6) is 0. The van der Waals surface area contributed by atoms with E-state index in [0.29, 0.717) is 0 Å². The molecule has 0 saturated heterocycles. The van der Waals surface area contributed by atoms with Gasteiger partial charge in [0.05, 0.1) is 5.09 Å². The van der Waals surface area contributed by atoms with Gasteiger partial charge < -0.3 is 21.5 Å². The first-order valence-corrected chi connectivity index (χ1v) is 3.09. The zero-order valence-electron chi connectivity index (χ0n) is 5.68. The summed E-state index contributed by atoms with van der Waals surface area (Å²) in [5.41, 5.74) is 0. The fraction of sp³-hybridized carbons (Fsp3) is 0. The molecule has 0 bridgehead atoms. The van der Waals surface area contributed by atoms with Gasteiger partial charge in [-0.1, -0.05) is 0 Å². The molecule has 0 aromatic heterocycles. The number of rotatable bonds is 0. The van der Waals surface area contributed by atoms with Crippen molar-refractivity contribution >= 4 is 0 Å². The molecule has 11 heavy (non-hydrogen) atoms. The van der Waals surface area contributed by atoms with Crippen LogP contribution >= 0.6 is 0 Å². The van der Waals surface area contributed by atoms with Gasteiger partial charge >= 0.3 is 80.0 Å². The summed E-state index contributed by atoms with van der Waals surface area (Å²) >= 11 is -5.62. The third-order valence-electron chi connectivity index (χ3n) is 0. The zero-order chi connectivity index (χ0) is 8.08. The van der Waals surface area contributed by atoms with Crippen molar-refractivity contribution in [3.05, 3.63) is 15.3 Å². The Kier molecular flexibility index (Phi) is 21.9. The van der Waals surface area contributed by atoms with Gasteiger partial charge in [-0.3, -0.25) is 0 Å². The third kappa shape index (κ3) is 1760. The molecular weight excluding hydrogens is 234 g/mol. The first-order valence-electron chi connectivity index (χ1n) is 1.16. The van der Waals surface area contributed by atoms with Gasteiger partial charge in [0.25, 0.3) is 0 Å². The van der Waals surface area contributed by atoms with E-state index < -0.39 is 18.1 Å². The van der Waals surface area contributed by atoms with E-state index in [9.17, 15) is 0 Å². The second-order valence-electron chi connectivity index (χ2n) is 0.602. The van der Waals surface area contributed by atoms with E-state index >= 15 is 0 Å². The first-order chi connectivity index (χ1) is 3.73. The summed E-state index contributed by atoms with van der Waals surface area (Å²) in [6.07, 6.45) is 0. The average Bonchev–Trinajstić information content (AvgIpc) is 1.19. The van der Waals surface area contributed by atoms with Crippen LogP contribution < -0.4 is 61.7 Å². The van der Waals surface area contributed by atoms with Crippen molar-refractivity contribution in [1.82, 2.24) is 6.15 Å². The van der Waals surface area contributed by atoms with E-state index in [1.54, 1.807) is 0 Å². The van der Waals surface area contributed by atoms with E-state index in [4.69, 9.17) is 31.0 Å². The van der Waals surface area contributed by atoms with Crippen LogP contribution in [-0.4, -0.2) is 5.09 Å². The Balaban J connectivity index is -0.0000000383. The summed E-state index contributed by atoms with van der Waals surface area (Å²) in [7, 11) is 0. The van der Waals surface area contributed by atoms with Gasteiger partial charge in [-0.25, -0.2) is 0 Å². The van der Waals surface area contributed by atoms with Gasteiger partial charge in [-0.05, 0) is 0 Å². The van der Waals surface area contributed by atoms with Crippen molar-refractivity contribution in [1.29, 1.82) is 0 Å². The molecule has 0 aliphatic heterocycles. The van der Waals surface area contributed by atoms with Gasteiger partial charge in [0.1, 0.15) is 0 Å². The Morgan fingerprint density at radius 1 is 1.09 bits per heavy atom. The van der Waals surface area contributed by atoms with Gasteiger partial charge in [-0.15, -0.1) is 0 Å². The first kappa shape index (κ1) is 22.6. The summed E-state index contributed by atoms with van der Waals surface area (Å²) in [6, 6.07) is 0. The molecule has 0 saturated carbocycles. The quantitative estimate of drug-likeness (QED) is 0.251. The minimum absolute atomic E-state index is 0. The van der Waals surface area contributed by atoms with Crippen LogP contribution in [0.25, 0.3) is 0 Å². The van der Waals surface area contributed by atoms with Crippen LogP contribution in [0, 0.1) is 15.3 Å². The second kappa shape index (κ2) is 10.7. The van der Waals surface area contributed by atoms with Gasteiger partial charge in [-0.2, -0.15) is 0 Å². The van der Waals surface area contributed by atoms with Crippen molar-refractivity contribution in [2.75, 3.05) is 0 Å². The van der Waals surface area contributed by atoms with Crippen LogP contribution in [0.1, 0.15) is 0 Å². The maximum absolute atomic E-state index is 8.58. The SMILES string of the molecule is O=[N+]([O-])[O-].[K+].[NH4+].[O]=[Mn](=[O])(=[O])[O-]. The minimum atomic E-state index is -5.62. The number of hydrogen-bond acceptors (Lipinski definition) is 7. The topological polar surface area (TPSA) is 177 Å². The van der Waals surface area contributed by atoms with Gasteiger partial charge in [0.15, 0.2) is 0 Å². The molecule has 0 spiro atoms. The van der Waals surface area contributed by atoms with Crippen molar-refractivity contribution in [3.8, 4) is 0 Å². The van der Waals surface area contributed by atoms with E-state index in [1.807, 2.05) is 0 Å². The fourth-order valence-electron chi connectivity index (χ4n) is 0. The predicted octanol–water partition coefficient (Wildman–Crippen LogP) is -4.41. The third-order valence-corrected chi connectivity index (χ3v) is 0. The molecule has 0 heterocycles. The van der Waals surface area contributed by atoms with E-state index in [1.165, 1.54) is 0 Å². The molecule has 0 amide bonds. The van der Waals surface area contributed by atoms with Crippen molar-refractivity contribution < 1.29 is 85.1 Å². The molecule has 0 radical (unpaired) electrons. The Morgan fingerprint density at radius 3 is 1.09 bits per heavy atom. The molecule has 0 rings (SSSR count). The molecule has 9 nitrogen and oxygen atoms in total. The standard InChI is InChI=1S/K.Mn.NO3.H3N.4O/c;;2-1(3)4;;;;;/h;;;1H3;;;;/q+1;;-1;;;;;-1/p+1. The summed E-state index contributed by atoms with van der Waals surface area (Å²) in [5, 5.41) is 14.8. The summed E-state index contributed by atoms with van der Waals surface area (Å²) in [4.78, 5) is 8.25. The summed E-state index contributed by atoms with van der Waals surface area (Å²) in [6.45, 7) is 0. The zero-order valence-corrected chi connectivity index (χ0v) is 9.99. The molecule has 0 fully saturated rings. The second-order valence-corrected chi connectivity index (χ2v) is 1.78. The van der Waals surface area contributed by atoms with Crippen LogP contribution in [0.2, 0.25) is 0 Å². The average molecular weight is 238 g/mol. The molecular formula is H4KMnN2O7. The molecule has 11 heteroatoms. The van der Waals surface area contributed by atoms with E-state index in [0.717, 1.165) is 0 Å². The molecule has 64 valence electrons. The van der Waals surface area contributed by atoms with Gasteiger partial charge in [0.2, 0.25) is 0 Å². The molecule has 0 aromatic carbocycles. The fourth-order valence-corrected chi connectivity index (χ4v) is 0. The number of nitrogens with zero attached hydrogens (tertiary/aromatic N) is 1. The number of quaternary nitrogens is 1. The van der Waals surface area contributed by atoms with E-state index in [2.05, 4.69) is 0 Å². The maximum atomic E-state index is 8.58. The van der Waals surface area contributed by atoms with Crippen LogP contribution in [0.15, 0.2) is 0 Å². The Bertz CT molecular complexity index is 202. The monoisotopic (exact) mass is 238 g/mol. The van der Waals surface area contributed by atoms with Crippen LogP contribution in [0.4, 0.5) is 0 Å². The molecule has 0 aromatic rings. The number of hydrogen-bond donors (Lipinski definition) is 1. The van der Waals surface area contributed by atoms with E-state index in [-0.39, 0.29) is 57.5 Å². The van der Waals surface area contributed by atoms with Crippen molar-refractivity contribution in [3.63, 3.8) is 0 Å². The van der Waals surface area contributed by atoms with Crippen LogP contribution in [0.3, 0.4) is 0 Å². The molecule has 4 N–H and O–H groups in total. The Hall–Kier alpha value is 0.676. The Labute approximate surface area is 105 Å². The van der Waals surface area contributed by atoms with Crippen molar-refractivity contribution in [2.45, 2.75) is 0 Å². The van der Waals surface area contributed by atoms with Crippen LogP contribution in [0.5, 0.6) is 0 Å². The van der Waals surface area contributed by atoms with Crippen LogP contribution in [-0.2, 0) is 24.5 Å². The van der Waals surface area contributed by atoms with Crippen molar-refractivity contribution in [2.24, 2.45) is 0 Å². The Morgan fingerprint density at radius 2 is 1.09 bits per heavy atom. The summed E-state index contributed by atoms with van der Waals surface area (Å²) < 4.78 is 34.3. The predicted molar refractivity (Wildman–Crippen MR) is 18.4 cm³/mol. The molecule has 0 unspecified atom stereocenters.